The van der Waals surface area contributed by atoms with Crippen LogP contribution < -0.4 is 5.73 Å². The summed E-state index contributed by atoms with van der Waals surface area (Å²) < 4.78 is 5.47. The summed E-state index contributed by atoms with van der Waals surface area (Å²) in [6.45, 7) is 4.24. The summed E-state index contributed by atoms with van der Waals surface area (Å²) in [5, 5.41) is 1.72. The van der Waals surface area contributed by atoms with Crippen LogP contribution in [0, 0.1) is 6.92 Å². The smallest absolute Gasteiger partial charge is 0.256 e. The Hall–Kier alpha value is -3.19. The molecule has 3 aromatic heterocycles. The van der Waals surface area contributed by atoms with Crippen LogP contribution in [-0.4, -0.2) is 33.2 Å². The van der Waals surface area contributed by atoms with Gasteiger partial charge in [0.15, 0.2) is 11.4 Å². The summed E-state index contributed by atoms with van der Waals surface area (Å²) in [4.78, 5) is 36.9. The van der Waals surface area contributed by atoms with E-state index in [1.165, 1.54) is 0 Å². The first-order valence-corrected chi connectivity index (χ1v) is 9.15. The lowest BCUT2D eigenvalue weighted by molar-refractivity contribution is -0.178. The Bertz CT molecular complexity index is 1110. The van der Waals surface area contributed by atoms with Crippen molar-refractivity contribution in [2.45, 2.75) is 32.3 Å². The molecule has 1 amide bonds. The highest BCUT2D eigenvalue weighted by molar-refractivity contribution is 5.95. The molecular formula is C21H20N4O3. The van der Waals surface area contributed by atoms with E-state index < -0.39 is 11.5 Å². The monoisotopic (exact) mass is 376 g/mol. The molecule has 7 heteroatoms. The number of ketones is 1. The number of Topliss-reactive ketones (excluding diaryl/α,β-unsaturated/α-hetero) is 1. The molecule has 1 atom stereocenters. The molecule has 1 fully saturated rings. The predicted octanol–water partition coefficient (Wildman–Crippen LogP) is 2.69. The van der Waals surface area contributed by atoms with Crippen molar-refractivity contribution >= 4 is 22.5 Å². The number of amides is 1. The van der Waals surface area contributed by atoms with Crippen LogP contribution in [0.2, 0.25) is 0 Å². The molecule has 7 nitrogen and oxygen atoms in total. The van der Waals surface area contributed by atoms with E-state index >= 15 is 0 Å². The molecule has 4 rings (SSSR count). The van der Waals surface area contributed by atoms with E-state index in [1.807, 2.05) is 19.9 Å². The number of carbonyl (C=O) groups is 2. The van der Waals surface area contributed by atoms with Gasteiger partial charge in [-0.2, -0.15) is 0 Å². The van der Waals surface area contributed by atoms with Gasteiger partial charge in [0.1, 0.15) is 5.69 Å². The van der Waals surface area contributed by atoms with Gasteiger partial charge >= 0.3 is 0 Å². The highest BCUT2D eigenvalue weighted by Gasteiger charge is 2.47. The van der Waals surface area contributed by atoms with Gasteiger partial charge in [-0.1, -0.05) is 6.92 Å². The first-order chi connectivity index (χ1) is 13.4. The third kappa shape index (κ3) is 2.84. The Labute approximate surface area is 162 Å². The summed E-state index contributed by atoms with van der Waals surface area (Å²) in [5.74, 6) is -0.516. The molecule has 0 saturated carbocycles. The molecule has 4 heterocycles. The number of rotatable bonds is 5. The SMILES string of the molecule is CCC(=O)c1cc(C)c(-c2cc3cnc(C4(C(N)=O)CCO4)cc3cn2)cn1. The van der Waals surface area contributed by atoms with Crippen molar-refractivity contribution in [1.82, 2.24) is 15.0 Å². The average molecular weight is 376 g/mol. The number of ether oxygens (including phenoxy) is 1. The van der Waals surface area contributed by atoms with E-state index in [-0.39, 0.29) is 5.78 Å². The maximum Gasteiger partial charge on any atom is 0.256 e. The quantitative estimate of drug-likeness (QED) is 0.686. The normalized spacial score (nSPS) is 18.6. The standard InChI is InChI=1S/C21H20N4O3/c1-3-18(26)17-6-12(2)15(11-24-17)16-7-13-10-25-19(8-14(13)9-23-16)21(20(22)27)4-5-28-21/h6-11H,3-5H2,1-2H3,(H2,22,27). The van der Waals surface area contributed by atoms with E-state index in [4.69, 9.17) is 10.5 Å². The third-order valence-electron chi connectivity index (χ3n) is 5.21. The van der Waals surface area contributed by atoms with Gasteiger partial charge in [0.2, 0.25) is 0 Å². The molecule has 28 heavy (non-hydrogen) atoms. The second kappa shape index (κ2) is 6.76. The summed E-state index contributed by atoms with van der Waals surface area (Å²) >= 11 is 0. The molecule has 1 unspecified atom stereocenters. The number of hydrogen-bond donors (Lipinski definition) is 1. The Morgan fingerprint density at radius 2 is 1.82 bits per heavy atom. The van der Waals surface area contributed by atoms with E-state index in [0.717, 1.165) is 27.6 Å². The van der Waals surface area contributed by atoms with Crippen molar-refractivity contribution in [2.75, 3.05) is 6.61 Å². The van der Waals surface area contributed by atoms with Crippen LogP contribution in [-0.2, 0) is 15.1 Å². The van der Waals surface area contributed by atoms with Crippen molar-refractivity contribution < 1.29 is 14.3 Å². The van der Waals surface area contributed by atoms with Crippen molar-refractivity contribution in [1.29, 1.82) is 0 Å². The summed E-state index contributed by atoms with van der Waals surface area (Å²) in [6.07, 6.45) is 6.05. The largest absolute Gasteiger partial charge is 0.367 e. The van der Waals surface area contributed by atoms with Gasteiger partial charge < -0.3 is 10.5 Å². The van der Waals surface area contributed by atoms with Gasteiger partial charge in [-0.05, 0) is 30.7 Å². The minimum atomic E-state index is -1.13. The third-order valence-corrected chi connectivity index (χ3v) is 5.21. The molecule has 2 N–H and O–H groups in total. The molecule has 0 bridgehead atoms. The zero-order chi connectivity index (χ0) is 19.9. The van der Waals surface area contributed by atoms with E-state index in [0.29, 0.717) is 30.8 Å². The first kappa shape index (κ1) is 18.2. The van der Waals surface area contributed by atoms with Crippen LogP contribution in [0.3, 0.4) is 0 Å². The van der Waals surface area contributed by atoms with Crippen molar-refractivity contribution in [2.24, 2.45) is 5.73 Å². The topological polar surface area (TPSA) is 108 Å². The molecule has 1 aliphatic heterocycles. The van der Waals surface area contributed by atoms with E-state index in [1.54, 1.807) is 30.7 Å². The molecule has 0 radical (unpaired) electrons. The van der Waals surface area contributed by atoms with Gasteiger partial charge in [0.25, 0.3) is 5.91 Å². The number of aryl methyl sites for hydroxylation is 1. The average Bonchev–Trinajstić information content (AvgIpc) is 2.65. The Morgan fingerprint density at radius 3 is 2.43 bits per heavy atom. The van der Waals surface area contributed by atoms with Gasteiger partial charge in [-0.3, -0.25) is 24.5 Å². The molecule has 3 aromatic rings. The van der Waals surface area contributed by atoms with Gasteiger partial charge in [-0.25, -0.2) is 0 Å². The van der Waals surface area contributed by atoms with Crippen LogP contribution in [0.15, 0.2) is 36.8 Å². The number of fused-ring (bicyclic) bond motifs is 1. The second-order valence-electron chi connectivity index (χ2n) is 6.94. The number of carbonyl (C=O) groups excluding carboxylic acids is 2. The van der Waals surface area contributed by atoms with Crippen molar-refractivity contribution in [3.05, 3.63) is 53.7 Å². The lowest BCUT2D eigenvalue weighted by atomic mass is 9.89. The maximum absolute atomic E-state index is 11.8. The minimum absolute atomic E-state index is 0.0134. The summed E-state index contributed by atoms with van der Waals surface area (Å²) in [7, 11) is 0. The number of nitrogens with two attached hydrogens (primary N) is 1. The zero-order valence-electron chi connectivity index (χ0n) is 15.7. The molecule has 0 aliphatic carbocycles. The van der Waals surface area contributed by atoms with Gasteiger partial charge in [0, 0.05) is 47.8 Å². The number of primary amides is 1. The second-order valence-corrected chi connectivity index (χ2v) is 6.94. The number of pyridine rings is 3. The Balaban J connectivity index is 1.72. The fourth-order valence-electron chi connectivity index (χ4n) is 3.39. The van der Waals surface area contributed by atoms with Gasteiger partial charge in [0.05, 0.1) is 18.0 Å². The molecule has 142 valence electrons. The Morgan fingerprint density at radius 1 is 1.11 bits per heavy atom. The molecule has 0 spiro atoms. The highest BCUT2D eigenvalue weighted by Crippen LogP contribution is 2.37. The molecule has 1 aliphatic rings. The van der Waals surface area contributed by atoms with Crippen LogP contribution >= 0.6 is 0 Å². The summed E-state index contributed by atoms with van der Waals surface area (Å²) in [6, 6.07) is 5.50. The molecular weight excluding hydrogens is 356 g/mol. The summed E-state index contributed by atoms with van der Waals surface area (Å²) in [5.41, 5.74) is 7.89. The van der Waals surface area contributed by atoms with Crippen LogP contribution in [0.5, 0.6) is 0 Å². The molecule has 0 aromatic carbocycles. The van der Waals surface area contributed by atoms with Gasteiger partial charge in [-0.15, -0.1) is 0 Å². The fraction of sp³-hybridized carbons (Fsp3) is 0.286. The lowest BCUT2D eigenvalue weighted by Gasteiger charge is -2.38. The number of aromatic nitrogens is 3. The van der Waals surface area contributed by atoms with E-state index in [9.17, 15) is 9.59 Å². The van der Waals surface area contributed by atoms with E-state index in [2.05, 4.69) is 15.0 Å². The number of nitrogens with zero attached hydrogens (tertiary/aromatic N) is 3. The minimum Gasteiger partial charge on any atom is -0.367 e. The van der Waals surface area contributed by atoms with Crippen LogP contribution in [0.4, 0.5) is 0 Å². The first-order valence-electron chi connectivity index (χ1n) is 9.15. The maximum atomic E-state index is 11.8. The van der Waals surface area contributed by atoms with Crippen molar-refractivity contribution in [3.63, 3.8) is 0 Å². The highest BCUT2D eigenvalue weighted by atomic mass is 16.5. The number of hydrogen-bond acceptors (Lipinski definition) is 6. The fourth-order valence-corrected chi connectivity index (χ4v) is 3.39. The van der Waals surface area contributed by atoms with Crippen molar-refractivity contribution in [3.8, 4) is 11.3 Å². The van der Waals surface area contributed by atoms with Crippen LogP contribution in [0.25, 0.3) is 22.0 Å². The molecule has 1 saturated heterocycles. The lowest BCUT2D eigenvalue weighted by Crippen LogP contribution is -2.51. The predicted molar refractivity (Wildman–Crippen MR) is 104 cm³/mol. The Kier molecular flexibility index (Phi) is 4.39. The van der Waals surface area contributed by atoms with Crippen LogP contribution in [0.1, 0.15) is 41.5 Å². The zero-order valence-corrected chi connectivity index (χ0v) is 15.7.